The maximum atomic E-state index is 11.7. The minimum atomic E-state index is -0.282. The summed E-state index contributed by atoms with van der Waals surface area (Å²) in [6.45, 7) is 3.54. The zero-order valence-corrected chi connectivity index (χ0v) is 10.6. The van der Waals surface area contributed by atoms with Crippen LogP contribution in [0.4, 0.5) is 5.69 Å². The number of amides is 1. The summed E-state index contributed by atoms with van der Waals surface area (Å²) in [6.07, 6.45) is 0. The molecular formula is C11H14Cl2N2O. The van der Waals surface area contributed by atoms with Crippen LogP contribution in [0, 0.1) is 5.92 Å². The molecule has 0 saturated carbocycles. The zero-order valence-electron chi connectivity index (χ0n) is 9.13. The standard InChI is InChI=1S/C11H14Cl2N2O/c1-6(7(2)14)11(16)15-9-5-3-4-8(12)10(9)13/h3-7H,14H2,1-2H3,(H,15,16). The van der Waals surface area contributed by atoms with Crippen LogP contribution in [0.3, 0.4) is 0 Å². The Balaban J connectivity index is 2.81. The van der Waals surface area contributed by atoms with Gasteiger partial charge in [0.15, 0.2) is 0 Å². The first-order valence-electron chi connectivity index (χ1n) is 4.94. The number of anilines is 1. The van der Waals surface area contributed by atoms with Gasteiger partial charge in [0.05, 0.1) is 21.7 Å². The molecule has 2 unspecified atom stereocenters. The molecule has 2 atom stereocenters. The first-order valence-corrected chi connectivity index (χ1v) is 5.69. The summed E-state index contributed by atoms with van der Waals surface area (Å²) >= 11 is 11.8. The quantitative estimate of drug-likeness (QED) is 0.878. The predicted octanol–water partition coefficient (Wildman–Crippen LogP) is 2.92. The Labute approximate surface area is 105 Å². The Kier molecular flexibility index (Phi) is 4.59. The van der Waals surface area contributed by atoms with Crippen LogP contribution in [-0.2, 0) is 4.79 Å². The van der Waals surface area contributed by atoms with Crippen LogP contribution in [0.25, 0.3) is 0 Å². The lowest BCUT2D eigenvalue weighted by Gasteiger charge is -2.16. The molecule has 1 aromatic rings. The minimum absolute atomic E-state index is 0.167. The first kappa shape index (κ1) is 13.3. The van der Waals surface area contributed by atoms with Crippen molar-refractivity contribution in [3.8, 4) is 0 Å². The fourth-order valence-electron chi connectivity index (χ4n) is 1.09. The topological polar surface area (TPSA) is 55.1 Å². The molecular weight excluding hydrogens is 247 g/mol. The Morgan fingerprint density at radius 3 is 2.56 bits per heavy atom. The largest absolute Gasteiger partial charge is 0.327 e. The van der Waals surface area contributed by atoms with Gasteiger partial charge in [-0.2, -0.15) is 0 Å². The molecule has 16 heavy (non-hydrogen) atoms. The number of hydrogen-bond acceptors (Lipinski definition) is 2. The molecule has 5 heteroatoms. The number of hydrogen-bond donors (Lipinski definition) is 2. The van der Waals surface area contributed by atoms with E-state index in [1.54, 1.807) is 32.0 Å². The van der Waals surface area contributed by atoms with Gasteiger partial charge < -0.3 is 11.1 Å². The van der Waals surface area contributed by atoms with Gasteiger partial charge in [0, 0.05) is 6.04 Å². The molecule has 0 bridgehead atoms. The van der Waals surface area contributed by atoms with Crippen molar-refractivity contribution in [2.45, 2.75) is 19.9 Å². The number of nitrogens with two attached hydrogens (primary N) is 1. The van der Waals surface area contributed by atoms with E-state index in [9.17, 15) is 4.79 Å². The summed E-state index contributed by atoms with van der Waals surface area (Å²) in [5.74, 6) is -0.450. The smallest absolute Gasteiger partial charge is 0.228 e. The Hall–Kier alpha value is -0.770. The molecule has 0 fully saturated rings. The Morgan fingerprint density at radius 2 is 2.00 bits per heavy atom. The molecule has 0 radical (unpaired) electrons. The van der Waals surface area contributed by atoms with E-state index in [4.69, 9.17) is 28.9 Å². The van der Waals surface area contributed by atoms with Crippen LogP contribution in [0.2, 0.25) is 10.0 Å². The highest BCUT2D eigenvalue weighted by atomic mass is 35.5. The molecule has 3 nitrogen and oxygen atoms in total. The van der Waals surface area contributed by atoms with Crippen molar-refractivity contribution in [2.75, 3.05) is 5.32 Å². The van der Waals surface area contributed by atoms with Gasteiger partial charge in [0.2, 0.25) is 5.91 Å². The number of carbonyl (C=O) groups is 1. The SMILES string of the molecule is CC(N)C(C)C(=O)Nc1cccc(Cl)c1Cl. The summed E-state index contributed by atoms with van der Waals surface area (Å²) in [5.41, 5.74) is 6.14. The second kappa shape index (κ2) is 5.53. The van der Waals surface area contributed by atoms with Crippen LogP contribution in [0.5, 0.6) is 0 Å². The number of benzene rings is 1. The lowest BCUT2D eigenvalue weighted by Crippen LogP contribution is -2.34. The molecule has 88 valence electrons. The molecule has 3 N–H and O–H groups in total. The van der Waals surface area contributed by atoms with Gasteiger partial charge >= 0.3 is 0 Å². The molecule has 0 aromatic heterocycles. The van der Waals surface area contributed by atoms with Gasteiger partial charge in [-0.3, -0.25) is 4.79 Å². The van der Waals surface area contributed by atoms with E-state index in [2.05, 4.69) is 5.32 Å². The summed E-state index contributed by atoms with van der Waals surface area (Å²) < 4.78 is 0. The second-order valence-corrected chi connectivity index (χ2v) is 4.52. The van der Waals surface area contributed by atoms with Crippen molar-refractivity contribution in [3.63, 3.8) is 0 Å². The van der Waals surface area contributed by atoms with Crippen LogP contribution < -0.4 is 11.1 Å². The van der Waals surface area contributed by atoms with Crippen molar-refractivity contribution in [3.05, 3.63) is 28.2 Å². The normalized spacial score (nSPS) is 14.3. The molecule has 0 aliphatic heterocycles. The van der Waals surface area contributed by atoms with E-state index in [1.807, 2.05) is 0 Å². The first-order chi connectivity index (χ1) is 7.43. The summed E-state index contributed by atoms with van der Waals surface area (Å²) in [6, 6.07) is 4.87. The average Bonchev–Trinajstić information content (AvgIpc) is 2.23. The van der Waals surface area contributed by atoms with Crippen LogP contribution in [0.1, 0.15) is 13.8 Å². The van der Waals surface area contributed by atoms with Gasteiger partial charge in [0.25, 0.3) is 0 Å². The fourth-order valence-corrected chi connectivity index (χ4v) is 1.43. The monoisotopic (exact) mass is 260 g/mol. The lowest BCUT2D eigenvalue weighted by atomic mass is 10.0. The minimum Gasteiger partial charge on any atom is -0.327 e. The maximum absolute atomic E-state index is 11.7. The molecule has 0 saturated heterocycles. The zero-order chi connectivity index (χ0) is 12.3. The van der Waals surface area contributed by atoms with Crippen LogP contribution in [-0.4, -0.2) is 11.9 Å². The lowest BCUT2D eigenvalue weighted by molar-refractivity contribution is -0.119. The van der Waals surface area contributed by atoms with E-state index >= 15 is 0 Å². The highest BCUT2D eigenvalue weighted by Gasteiger charge is 2.18. The molecule has 0 aliphatic carbocycles. The van der Waals surface area contributed by atoms with Gasteiger partial charge in [0.1, 0.15) is 0 Å². The number of halogens is 2. The fraction of sp³-hybridized carbons (Fsp3) is 0.364. The van der Waals surface area contributed by atoms with Crippen molar-refractivity contribution < 1.29 is 4.79 Å². The van der Waals surface area contributed by atoms with Gasteiger partial charge in [-0.1, -0.05) is 36.2 Å². The molecule has 0 aliphatic rings. The Bertz CT molecular complexity index is 394. The van der Waals surface area contributed by atoms with E-state index in [1.165, 1.54) is 0 Å². The number of carbonyl (C=O) groups excluding carboxylic acids is 1. The molecule has 1 rings (SSSR count). The summed E-state index contributed by atoms with van der Waals surface area (Å²) in [4.78, 5) is 11.7. The van der Waals surface area contributed by atoms with Gasteiger partial charge in [-0.15, -0.1) is 0 Å². The second-order valence-electron chi connectivity index (χ2n) is 3.74. The number of nitrogens with one attached hydrogen (secondary N) is 1. The molecule has 0 spiro atoms. The third-order valence-corrected chi connectivity index (χ3v) is 3.23. The molecule has 0 heterocycles. The van der Waals surface area contributed by atoms with E-state index in [-0.39, 0.29) is 17.9 Å². The highest BCUT2D eigenvalue weighted by Crippen LogP contribution is 2.29. The van der Waals surface area contributed by atoms with Crippen molar-refractivity contribution >= 4 is 34.8 Å². The predicted molar refractivity (Wildman–Crippen MR) is 67.9 cm³/mol. The van der Waals surface area contributed by atoms with Gasteiger partial charge in [-0.05, 0) is 19.1 Å². The highest BCUT2D eigenvalue weighted by molar-refractivity contribution is 6.43. The maximum Gasteiger partial charge on any atom is 0.228 e. The van der Waals surface area contributed by atoms with Crippen molar-refractivity contribution in [2.24, 2.45) is 11.7 Å². The summed E-state index contributed by atoms with van der Waals surface area (Å²) in [7, 11) is 0. The van der Waals surface area contributed by atoms with Crippen molar-refractivity contribution in [1.82, 2.24) is 0 Å². The van der Waals surface area contributed by atoms with Crippen molar-refractivity contribution in [1.29, 1.82) is 0 Å². The Morgan fingerprint density at radius 1 is 1.38 bits per heavy atom. The van der Waals surface area contributed by atoms with E-state index in [0.717, 1.165) is 0 Å². The average molecular weight is 261 g/mol. The molecule has 1 amide bonds. The van der Waals surface area contributed by atoms with Crippen LogP contribution >= 0.6 is 23.2 Å². The number of rotatable bonds is 3. The van der Waals surface area contributed by atoms with Crippen LogP contribution in [0.15, 0.2) is 18.2 Å². The third kappa shape index (κ3) is 3.11. The van der Waals surface area contributed by atoms with Gasteiger partial charge in [-0.25, -0.2) is 0 Å². The molecule has 1 aromatic carbocycles. The van der Waals surface area contributed by atoms with E-state index in [0.29, 0.717) is 15.7 Å². The summed E-state index contributed by atoms with van der Waals surface area (Å²) in [5, 5.41) is 3.45. The third-order valence-electron chi connectivity index (χ3n) is 2.41. The van der Waals surface area contributed by atoms with E-state index < -0.39 is 0 Å².